The van der Waals surface area contributed by atoms with Crippen LogP contribution in [0.3, 0.4) is 0 Å². The fourth-order valence-corrected chi connectivity index (χ4v) is 2.63. The van der Waals surface area contributed by atoms with Gasteiger partial charge in [0.05, 0.1) is 11.7 Å². The predicted octanol–water partition coefficient (Wildman–Crippen LogP) is 1.43. The number of nitrogen functional groups attached to an aromatic ring is 1. The van der Waals surface area contributed by atoms with Crippen molar-refractivity contribution in [2.75, 3.05) is 12.5 Å². The van der Waals surface area contributed by atoms with Crippen molar-refractivity contribution in [1.29, 1.82) is 0 Å². The highest BCUT2D eigenvalue weighted by molar-refractivity contribution is 6.09. The number of hydrogen-bond donors (Lipinski definition) is 3. The lowest BCUT2D eigenvalue weighted by atomic mass is 9.89. The van der Waals surface area contributed by atoms with Crippen LogP contribution in [0.1, 0.15) is 23.2 Å². The Balaban J connectivity index is 1.85. The van der Waals surface area contributed by atoms with Gasteiger partial charge >= 0.3 is 0 Å². The molecule has 0 saturated heterocycles. The SMILES string of the molecule is COC1CC(NC(=O)c2cnc(NN)c3ccccc23)C1. The Labute approximate surface area is 122 Å². The Bertz CT molecular complexity index is 668. The van der Waals surface area contributed by atoms with Crippen molar-refractivity contribution in [3.05, 3.63) is 36.0 Å². The number of ether oxygens (including phenoxy) is 1. The van der Waals surface area contributed by atoms with E-state index in [2.05, 4.69) is 15.7 Å². The van der Waals surface area contributed by atoms with Crippen LogP contribution in [0.5, 0.6) is 0 Å². The number of nitrogens with zero attached hydrogens (tertiary/aromatic N) is 1. The van der Waals surface area contributed by atoms with Crippen molar-refractivity contribution >= 4 is 22.5 Å². The van der Waals surface area contributed by atoms with Gasteiger partial charge in [-0.15, -0.1) is 0 Å². The van der Waals surface area contributed by atoms with Crippen LogP contribution in [0, 0.1) is 0 Å². The molecule has 1 saturated carbocycles. The van der Waals surface area contributed by atoms with Gasteiger partial charge in [-0.1, -0.05) is 24.3 Å². The summed E-state index contributed by atoms with van der Waals surface area (Å²) in [5, 5.41) is 4.68. The zero-order chi connectivity index (χ0) is 14.8. The second-order valence-electron chi connectivity index (χ2n) is 5.21. The minimum Gasteiger partial charge on any atom is -0.381 e. The molecule has 0 aliphatic heterocycles. The maximum Gasteiger partial charge on any atom is 0.253 e. The minimum absolute atomic E-state index is 0.109. The quantitative estimate of drug-likeness (QED) is 0.584. The molecular formula is C15H18N4O2. The van der Waals surface area contributed by atoms with Gasteiger partial charge in [0, 0.05) is 24.7 Å². The molecule has 0 atom stereocenters. The summed E-state index contributed by atoms with van der Waals surface area (Å²) in [7, 11) is 1.69. The maximum atomic E-state index is 12.4. The molecule has 0 spiro atoms. The number of carbonyl (C=O) groups excluding carboxylic acids is 1. The van der Waals surface area contributed by atoms with E-state index in [9.17, 15) is 4.79 Å². The van der Waals surface area contributed by atoms with Crippen LogP contribution in [0.2, 0.25) is 0 Å². The molecule has 0 unspecified atom stereocenters. The van der Waals surface area contributed by atoms with Crippen LogP contribution in [-0.2, 0) is 4.74 Å². The van der Waals surface area contributed by atoms with Crippen LogP contribution in [0.15, 0.2) is 30.5 Å². The van der Waals surface area contributed by atoms with E-state index in [0.717, 1.165) is 23.6 Å². The molecule has 1 aromatic carbocycles. The second-order valence-corrected chi connectivity index (χ2v) is 5.21. The first kappa shape index (κ1) is 13.8. The molecule has 1 fully saturated rings. The van der Waals surface area contributed by atoms with Crippen LogP contribution < -0.4 is 16.6 Å². The van der Waals surface area contributed by atoms with Gasteiger partial charge in [-0.05, 0) is 18.2 Å². The number of nitrogens with two attached hydrogens (primary N) is 1. The fraction of sp³-hybridized carbons (Fsp3) is 0.333. The largest absolute Gasteiger partial charge is 0.381 e. The smallest absolute Gasteiger partial charge is 0.253 e. The highest BCUT2D eigenvalue weighted by Gasteiger charge is 2.30. The van der Waals surface area contributed by atoms with E-state index in [4.69, 9.17) is 10.6 Å². The average Bonchev–Trinajstić information content (AvgIpc) is 2.49. The number of aromatic nitrogens is 1. The number of methoxy groups -OCH3 is 1. The molecule has 1 aromatic heterocycles. The van der Waals surface area contributed by atoms with Crippen LogP contribution >= 0.6 is 0 Å². The van der Waals surface area contributed by atoms with Crippen molar-refractivity contribution in [3.8, 4) is 0 Å². The van der Waals surface area contributed by atoms with Crippen LogP contribution in [0.25, 0.3) is 10.8 Å². The Morgan fingerprint density at radius 2 is 2.05 bits per heavy atom. The van der Waals surface area contributed by atoms with Crippen molar-refractivity contribution < 1.29 is 9.53 Å². The summed E-state index contributed by atoms with van der Waals surface area (Å²) in [6, 6.07) is 7.74. The van der Waals surface area contributed by atoms with Crippen LogP contribution in [0.4, 0.5) is 5.82 Å². The first-order chi connectivity index (χ1) is 10.2. The third kappa shape index (κ3) is 2.55. The first-order valence-electron chi connectivity index (χ1n) is 6.91. The summed E-state index contributed by atoms with van der Waals surface area (Å²) >= 11 is 0. The molecule has 21 heavy (non-hydrogen) atoms. The average molecular weight is 286 g/mol. The van der Waals surface area contributed by atoms with Crippen molar-refractivity contribution in [3.63, 3.8) is 0 Å². The normalized spacial score (nSPS) is 20.9. The molecule has 2 aromatic rings. The van der Waals surface area contributed by atoms with Gasteiger partial charge in [-0.2, -0.15) is 0 Å². The number of amides is 1. The molecule has 1 amide bonds. The van der Waals surface area contributed by atoms with E-state index in [1.165, 1.54) is 0 Å². The van der Waals surface area contributed by atoms with E-state index < -0.39 is 0 Å². The monoisotopic (exact) mass is 286 g/mol. The molecule has 6 heteroatoms. The summed E-state index contributed by atoms with van der Waals surface area (Å²) < 4.78 is 5.22. The Hall–Kier alpha value is -2.18. The van der Waals surface area contributed by atoms with E-state index >= 15 is 0 Å². The molecule has 4 N–H and O–H groups in total. The Morgan fingerprint density at radius 3 is 2.71 bits per heavy atom. The summed E-state index contributed by atoms with van der Waals surface area (Å²) in [4.78, 5) is 16.6. The number of pyridine rings is 1. The fourth-order valence-electron chi connectivity index (χ4n) is 2.63. The molecule has 1 heterocycles. The van der Waals surface area contributed by atoms with Gasteiger partial charge in [-0.3, -0.25) is 4.79 Å². The summed E-state index contributed by atoms with van der Waals surface area (Å²) in [6.07, 6.45) is 3.53. The number of carbonyl (C=O) groups is 1. The summed E-state index contributed by atoms with van der Waals surface area (Å²) in [5.41, 5.74) is 3.11. The van der Waals surface area contributed by atoms with E-state index in [-0.39, 0.29) is 18.1 Å². The third-order valence-corrected chi connectivity index (χ3v) is 3.94. The molecule has 0 radical (unpaired) electrons. The number of fused-ring (bicyclic) bond motifs is 1. The van der Waals surface area contributed by atoms with Crippen molar-refractivity contribution in [2.45, 2.75) is 25.0 Å². The minimum atomic E-state index is -0.109. The number of anilines is 1. The Morgan fingerprint density at radius 1 is 1.33 bits per heavy atom. The predicted molar refractivity (Wildman–Crippen MR) is 80.8 cm³/mol. The van der Waals surface area contributed by atoms with Gasteiger partial charge in [0.2, 0.25) is 0 Å². The molecule has 0 bridgehead atoms. The number of nitrogens with one attached hydrogen (secondary N) is 2. The lowest BCUT2D eigenvalue weighted by molar-refractivity contribution is 0.0176. The zero-order valence-electron chi connectivity index (χ0n) is 11.8. The van der Waals surface area contributed by atoms with Gasteiger partial charge < -0.3 is 15.5 Å². The van der Waals surface area contributed by atoms with Gasteiger partial charge in [0.1, 0.15) is 5.82 Å². The maximum absolute atomic E-state index is 12.4. The van der Waals surface area contributed by atoms with E-state index in [0.29, 0.717) is 11.4 Å². The number of rotatable bonds is 4. The molecule has 110 valence electrons. The van der Waals surface area contributed by atoms with Crippen molar-refractivity contribution in [2.24, 2.45) is 5.84 Å². The molecule has 6 nitrogen and oxygen atoms in total. The molecule has 3 rings (SSSR count). The molecule has 1 aliphatic carbocycles. The topological polar surface area (TPSA) is 89.3 Å². The zero-order valence-corrected chi connectivity index (χ0v) is 11.8. The number of hydrogen-bond acceptors (Lipinski definition) is 5. The van der Waals surface area contributed by atoms with Gasteiger partial charge in [0.15, 0.2) is 0 Å². The number of benzene rings is 1. The van der Waals surface area contributed by atoms with E-state index in [1.807, 2.05) is 24.3 Å². The first-order valence-corrected chi connectivity index (χ1v) is 6.91. The van der Waals surface area contributed by atoms with E-state index in [1.54, 1.807) is 13.3 Å². The highest BCUT2D eigenvalue weighted by Crippen LogP contribution is 2.26. The molecule has 1 aliphatic rings. The number of hydrazine groups is 1. The van der Waals surface area contributed by atoms with Crippen molar-refractivity contribution in [1.82, 2.24) is 10.3 Å². The lowest BCUT2D eigenvalue weighted by Gasteiger charge is -2.34. The third-order valence-electron chi connectivity index (χ3n) is 3.94. The van der Waals surface area contributed by atoms with Gasteiger partial charge in [-0.25, -0.2) is 10.8 Å². The molecular weight excluding hydrogens is 268 g/mol. The van der Waals surface area contributed by atoms with Crippen LogP contribution in [-0.4, -0.2) is 30.1 Å². The standard InChI is InChI=1S/C15H18N4O2/c1-21-10-6-9(7-10)18-15(20)13-8-17-14(19-16)12-5-3-2-4-11(12)13/h2-5,8-10H,6-7,16H2,1H3,(H,17,19)(H,18,20). The Kier molecular flexibility index (Phi) is 3.72. The summed E-state index contributed by atoms with van der Waals surface area (Å²) in [6.45, 7) is 0. The van der Waals surface area contributed by atoms with Gasteiger partial charge in [0.25, 0.3) is 5.91 Å². The lowest BCUT2D eigenvalue weighted by Crippen LogP contribution is -2.47. The second kappa shape index (κ2) is 5.67. The summed E-state index contributed by atoms with van der Waals surface area (Å²) in [5.74, 6) is 5.91. The highest BCUT2D eigenvalue weighted by atomic mass is 16.5.